The Hall–Kier alpha value is -0.860. The topological polar surface area (TPSA) is 32.3 Å². The summed E-state index contributed by atoms with van der Waals surface area (Å²) in [7, 11) is 0. The highest BCUT2D eigenvalue weighted by atomic mass is 16.3. The molecule has 0 aliphatic carbocycles. The Balaban J connectivity index is 3.02. The highest BCUT2D eigenvalue weighted by Gasteiger charge is 2.13. The van der Waals surface area contributed by atoms with Crippen molar-refractivity contribution >= 4 is 0 Å². The Morgan fingerprint density at radius 2 is 1.86 bits per heavy atom. The minimum Gasteiger partial charge on any atom is -0.394 e. The van der Waals surface area contributed by atoms with E-state index in [1.54, 1.807) is 0 Å². The Morgan fingerprint density at radius 1 is 1.29 bits per heavy atom. The molecule has 0 saturated heterocycles. The summed E-state index contributed by atoms with van der Waals surface area (Å²) in [5.41, 5.74) is 3.71. The van der Waals surface area contributed by atoms with Gasteiger partial charge in [0.2, 0.25) is 0 Å². The minimum absolute atomic E-state index is 0.0706. The molecule has 1 aromatic carbocycles. The molecule has 14 heavy (non-hydrogen) atoms. The third kappa shape index (κ3) is 2.34. The van der Waals surface area contributed by atoms with E-state index in [2.05, 4.69) is 44.3 Å². The van der Waals surface area contributed by atoms with E-state index in [9.17, 15) is 5.11 Å². The van der Waals surface area contributed by atoms with Gasteiger partial charge in [0.25, 0.3) is 0 Å². The number of rotatable bonds is 4. The fraction of sp³-hybridized carbons (Fsp3) is 0.500. The molecule has 78 valence electrons. The second-order valence-corrected chi connectivity index (χ2v) is 3.60. The number of aryl methyl sites for hydroxylation is 2. The van der Waals surface area contributed by atoms with Crippen molar-refractivity contribution in [1.29, 1.82) is 0 Å². The molecule has 2 N–H and O–H groups in total. The van der Waals surface area contributed by atoms with Crippen molar-refractivity contribution < 1.29 is 5.11 Å². The molecule has 1 rings (SSSR count). The first-order valence-corrected chi connectivity index (χ1v) is 5.11. The predicted octanol–water partition coefficient (Wildman–Crippen LogP) is 1.95. The van der Waals surface area contributed by atoms with Crippen LogP contribution < -0.4 is 5.32 Å². The molecule has 0 heterocycles. The van der Waals surface area contributed by atoms with Crippen molar-refractivity contribution in [3.05, 3.63) is 34.9 Å². The van der Waals surface area contributed by atoms with Crippen LogP contribution in [0, 0.1) is 13.8 Å². The lowest BCUT2D eigenvalue weighted by Gasteiger charge is -2.20. The average molecular weight is 193 g/mol. The molecule has 0 aliphatic heterocycles. The molecular weight excluding hydrogens is 174 g/mol. The van der Waals surface area contributed by atoms with Crippen molar-refractivity contribution in [1.82, 2.24) is 5.32 Å². The maximum Gasteiger partial charge on any atom is 0.0626 e. The van der Waals surface area contributed by atoms with Crippen LogP contribution in [0.15, 0.2) is 18.2 Å². The molecule has 1 aromatic rings. The number of aliphatic hydroxyl groups is 1. The Morgan fingerprint density at radius 3 is 2.29 bits per heavy atom. The van der Waals surface area contributed by atoms with Crippen LogP contribution in [0.5, 0.6) is 0 Å². The van der Waals surface area contributed by atoms with Crippen LogP contribution in [0.1, 0.15) is 29.7 Å². The van der Waals surface area contributed by atoms with Gasteiger partial charge >= 0.3 is 0 Å². The van der Waals surface area contributed by atoms with Gasteiger partial charge in [0, 0.05) is 0 Å². The van der Waals surface area contributed by atoms with Crippen LogP contribution in [0.4, 0.5) is 0 Å². The lowest BCUT2D eigenvalue weighted by molar-refractivity contribution is 0.245. The SMILES string of the molecule is CCNC(CO)c1c(C)cccc1C. The van der Waals surface area contributed by atoms with Gasteiger partial charge in [0.05, 0.1) is 12.6 Å². The first kappa shape index (κ1) is 11.2. The first-order valence-electron chi connectivity index (χ1n) is 5.11. The van der Waals surface area contributed by atoms with Crippen molar-refractivity contribution in [2.45, 2.75) is 26.8 Å². The Kier molecular flexibility index (Phi) is 4.11. The van der Waals surface area contributed by atoms with Gasteiger partial charge in [-0.15, -0.1) is 0 Å². The number of aliphatic hydroxyl groups excluding tert-OH is 1. The molecular formula is C12H19NO. The molecule has 1 atom stereocenters. The first-order chi connectivity index (χ1) is 6.70. The largest absolute Gasteiger partial charge is 0.394 e. The molecule has 1 unspecified atom stereocenters. The van der Waals surface area contributed by atoms with E-state index in [1.807, 2.05) is 0 Å². The van der Waals surface area contributed by atoms with Crippen molar-refractivity contribution in [3.63, 3.8) is 0 Å². The summed E-state index contributed by atoms with van der Waals surface area (Å²) < 4.78 is 0. The second kappa shape index (κ2) is 5.13. The number of benzene rings is 1. The summed E-state index contributed by atoms with van der Waals surface area (Å²) >= 11 is 0. The zero-order valence-corrected chi connectivity index (χ0v) is 9.17. The quantitative estimate of drug-likeness (QED) is 0.766. The van der Waals surface area contributed by atoms with E-state index >= 15 is 0 Å². The monoisotopic (exact) mass is 193 g/mol. The zero-order valence-electron chi connectivity index (χ0n) is 9.17. The van der Waals surface area contributed by atoms with E-state index in [4.69, 9.17) is 0 Å². The molecule has 2 heteroatoms. The van der Waals surface area contributed by atoms with Crippen LogP contribution in [-0.4, -0.2) is 18.3 Å². The van der Waals surface area contributed by atoms with Gasteiger partial charge in [-0.05, 0) is 37.1 Å². The predicted molar refractivity (Wildman–Crippen MR) is 59.4 cm³/mol. The summed E-state index contributed by atoms with van der Waals surface area (Å²) in [6, 6.07) is 6.29. The van der Waals surface area contributed by atoms with Crippen LogP contribution in [0.2, 0.25) is 0 Å². The summed E-state index contributed by atoms with van der Waals surface area (Å²) in [4.78, 5) is 0. The highest BCUT2D eigenvalue weighted by Crippen LogP contribution is 2.21. The number of hydrogen-bond acceptors (Lipinski definition) is 2. The molecule has 0 aromatic heterocycles. The van der Waals surface area contributed by atoms with Crippen molar-refractivity contribution in [3.8, 4) is 0 Å². The lowest BCUT2D eigenvalue weighted by atomic mass is 9.96. The molecule has 0 saturated carbocycles. The zero-order chi connectivity index (χ0) is 10.6. The van der Waals surface area contributed by atoms with Gasteiger partial charge in [0.1, 0.15) is 0 Å². The smallest absolute Gasteiger partial charge is 0.0626 e. The van der Waals surface area contributed by atoms with Crippen molar-refractivity contribution in [2.24, 2.45) is 0 Å². The van der Waals surface area contributed by atoms with E-state index in [1.165, 1.54) is 16.7 Å². The van der Waals surface area contributed by atoms with Gasteiger partial charge in [-0.1, -0.05) is 25.1 Å². The number of hydrogen-bond donors (Lipinski definition) is 2. The standard InChI is InChI=1S/C12H19NO/c1-4-13-11(8-14)12-9(2)6-5-7-10(12)3/h5-7,11,13-14H,4,8H2,1-3H3. The fourth-order valence-electron chi connectivity index (χ4n) is 1.88. The van der Waals surface area contributed by atoms with E-state index in [0.29, 0.717) is 0 Å². The summed E-state index contributed by atoms with van der Waals surface area (Å²) in [6.07, 6.45) is 0. The number of likely N-dealkylation sites (N-methyl/N-ethyl adjacent to an activating group) is 1. The second-order valence-electron chi connectivity index (χ2n) is 3.60. The van der Waals surface area contributed by atoms with E-state index in [-0.39, 0.29) is 12.6 Å². The van der Waals surface area contributed by atoms with Crippen molar-refractivity contribution in [2.75, 3.05) is 13.2 Å². The van der Waals surface area contributed by atoms with E-state index < -0.39 is 0 Å². The molecule has 0 fully saturated rings. The third-order valence-electron chi connectivity index (χ3n) is 2.52. The van der Waals surface area contributed by atoms with Crippen LogP contribution in [0.3, 0.4) is 0 Å². The third-order valence-corrected chi connectivity index (χ3v) is 2.52. The maximum atomic E-state index is 9.30. The molecule has 0 spiro atoms. The van der Waals surface area contributed by atoms with Gasteiger partial charge < -0.3 is 10.4 Å². The van der Waals surface area contributed by atoms with Crippen LogP contribution in [-0.2, 0) is 0 Å². The minimum atomic E-state index is 0.0706. The average Bonchev–Trinajstić information content (AvgIpc) is 2.16. The van der Waals surface area contributed by atoms with E-state index in [0.717, 1.165) is 6.54 Å². The Bertz CT molecular complexity index is 276. The van der Waals surface area contributed by atoms with Gasteiger partial charge in [-0.2, -0.15) is 0 Å². The van der Waals surface area contributed by atoms with Crippen LogP contribution in [0.25, 0.3) is 0 Å². The number of nitrogens with one attached hydrogen (secondary N) is 1. The summed E-state index contributed by atoms with van der Waals surface area (Å²) in [5, 5.41) is 12.6. The highest BCUT2D eigenvalue weighted by molar-refractivity contribution is 5.36. The normalized spacial score (nSPS) is 12.9. The molecule has 0 bridgehead atoms. The molecule has 2 nitrogen and oxygen atoms in total. The van der Waals surface area contributed by atoms with Gasteiger partial charge in [-0.3, -0.25) is 0 Å². The summed E-state index contributed by atoms with van der Waals surface area (Å²) in [5.74, 6) is 0. The fourth-order valence-corrected chi connectivity index (χ4v) is 1.88. The summed E-state index contributed by atoms with van der Waals surface area (Å²) in [6.45, 7) is 7.25. The lowest BCUT2D eigenvalue weighted by Crippen LogP contribution is -2.25. The Labute approximate surface area is 86.0 Å². The maximum absolute atomic E-state index is 9.30. The van der Waals surface area contributed by atoms with Gasteiger partial charge in [0.15, 0.2) is 0 Å². The molecule has 0 aliphatic rings. The molecule has 0 amide bonds. The van der Waals surface area contributed by atoms with Crippen LogP contribution >= 0.6 is 0 Å². The van der Waals surface area contributed by atoms with Gasteiger partial charge in [-0.25, -0.2) is 0 Å². The molecule has 0 radical (unpaired) electrons.